The minimum atomic E-state index is -0.268. The van der Waals surface area contributed by atoms with Crippen molar-refractivity contribution in [3.8, 4) is 5.75 Å². The molecule has 88 valence electrons. The zero-order valence-corrected chi connectivity index (χ0v) is 12.2. The van der Waals surface area contributed by atoms with E-state index in [0.717, 1.165) is 4.47 Å². The molecule has 0 aliphatic carbocycles. The number of amides is 1. The van der Waals surface area contributed by atoms with Crippen LogP contribution in [0.4, 0.5) is 5.69 Å². The van der Waals surface area contributed by atoms with Gasteiger partial charge in [-0.25, -0.2) is 0 Å². The highest BCUT2D eigenvalue weighted by atomic mass is 79.9. The van der Waals surface area contributed by atoms with Gasteiger partial charge in [-0.2, -0.15) is 0 Å². The fourth-order valence-corrected chi connectivity index (χ4v) is 1.58. The highest BCUT2D eigenvalue weighted by Crippen LogP contribution is 2.27. The second kappa shape index (κ2) is 5.68. The molecule has 16 heavy (non-hydrogen) atoms. The molecule has 0 spiro atoms. The maximum Gasteiger partial charge on any atom is 0.238 e. The van der Waals surface area contributed by atoms with Gasteiger partial charge in [-0.3, -0.25) is 4.79 Å². The van der Waals surface area contributed by atoms with E-state index in [0.29, 0.717) is 5.69 Å². The highest BCUT2D eigenvalue weighted by Gasteiger charge is 2.19. The number of rotatable bonds is 3. The predicted octanol–water partition coefficient (Wildman–Crippen LogP) is 3.51. The second-order valence-corrected chi connectivity index (χ2v) is 5.70. The number of benzene rings is 1. The van der Waals surface area contributed by atoms with Crippen molar-refractivity contribution >= 4 is 43.5 Å². The van der Waals surface area contributed by atoms with Gasteiger partial charge in [0, 0.05) is 4.47 Å². The van der Waals surface area contributed by atoms with Crippen LogP contribution in [0.1, 0.15) is 13.8 Å². The molecule has 1 rings (SSSR count). The van der Waals surface area contributed by atoms with E-state index in [2.05, 4.69) is 37.2 Å². The number of halogens is 2. The fraction of sp³-hybridized carbons (Fsp3) is 0.364. The average Bonchev–Trinajstić information content (AvgIpc) is 2.20. The van der Waals surface area contributed by atoms with Gasteiger partial charge in [-0.1, -0.05) is 45.7 Å². The normalized spacial score (nSPS) is 12.6. The molecule has 0 saturated heterocycles. The molecule has 1 aromatic rings. The van der Waals surface area contributed by atoms with E-state index in [9.17, 15) is 9.90 Å². The van der Waals surface area contributed by atoms with Crippen LogP contribution >= 0.6 is 31.9 Å². The first-order valence-electron chi connectivity index (χ1n) is 4.85. The molecule has 1 aromatic carbocycles. The monoisotopic (exact) mass is 349 g/mol. The van der Waals surface area contributed by atoms with Gasteiger partial charge in [-0.15, -0.1) is 0 Å². The largest absolute Gasteiger partial charge is 0.506 e. The van der Waals surface area contributed by atoms with Gasteiger partial charge in [0.1, 0.15) is 5.75 Å². The summed E-state index contributed by atoms with van der Waals surface area (Å²) >= 11 is 6.53. The van der Waals surface area contributed by atoms with E-state index in [4.69, 9.17) is 0 Å². The summed E-state index contributed by atoms with van der Waals surface area (Å²) in [7, 11) is 0. The van der Waals surface area contributed by atoms with E-state index in [1.807, 2.05) is 13.8 Å². The molecule has 0 aromatic heterocycles. The zero-order chi connectivity index (χ0) is 12.3. The summed E-state index contributed by atoms with van der Waals surface area (Å²) in [6.45, 7) is 3.89. The van der Waals surface area contributed by atoms with Crippen LogP contribution in [0, 0.1) is 5.92 Å². The van der Waals surface area contributed by atoms with Crippen molar-refractivity contribution < 1.29 is 9.90 Å². The van der Waals surface area contributed by atoms with Crippen molar-refractivity contribution in [2.24, 2.45) is 5.92 Å². The molecule has 0 heterocycles. The topological polar surface area (TPSA) is 49.3 Å². The number of phenols is 1. The number of alkyl halides is 1. The molecule has 0 radical (unpaired) electrons. The molecule has 1 amide bonds. The van der Waals surface area contributed by atoms with Gasteiger partial charge in [-0.05, 0) is 24.1 Å². The number of carbonyl (C=O) groups is 1. The van der Waals surface area contributed by atoms with Gasteiger partial charge >= 0.3 is 0 Å². The SMILES string of the molecule is CC(C)C(Br)C(=O)Nc1ccc(Br)cc1O. The van der Waals surface area contributed by atoms with Crippen LogP contribution in [0.15, 0.2) is 22.7 Å². The summed E-state index contributed by atoms with van der Waals surface area (Å²) in [6, 6.07) is 4.94. The van der Waals surface area contributed by atoms with E-state index >= 15 is 0 Å². The molecule has 0 aliphatic rings. The van der Waals surface area contributed by atoms with Crippen LogP contribution in [0.3, 0.4) is 0 Å². The first-order chi connectivity index (χ1) is 7.41. The van der Waals surface area contributed by atoms with Gasteiger partial charge < -0.3 is 10.4 Å². The minimum absolute atomic E-state index is 0.0474. The van der Waals surface area contributed by atoms with Gasteiger partial charge in [0.25, 0.3) is 0 Å². The van der Waals surface area contributed by atoms with Crippen LogP contribution in [0.25, 0.3) is 0 Å². The summed E-state index contributed by atoms with van der Waals surface area (Å²) in [6.07, 6.45) is 0. The number of nitrogens with one attached hydrogen (secondary N) is 1. The molecule has 0 fully saturated rings. The van der Waals surface area contributed by atoms with Gasteiger partial charge in [0.15, 0.2) is 0 Å². The first-order valence-corrected chi connectivity index (χ1v) is 6.56. The minimum Gasteiger partial charge on any atom is -0.506 e. The molecule has 0 aliphatic heterocycles. The molecule has 5 heteroatoms. The maximum atomic E-state index is 11.7. The molecule has 1 unspecified atom stereocenters. The number of anilines is 1. The number of hydrogen-bond acceptors (Lipinski definition) is 2. The van der Waals surface area contributed by atoms with Crippen molar-refractivity contribution in [3.63, 3.8) is 0 Å². The summed E-state index contributed by atoms with van der Waals surface area (Å²) in [5.74, 6) is 0.0800. The average molecular weight is 351 g/mol. The Labute approximate surface area is 111 Å². The summed E-state index contributed by atoms with van der Waals surface area (Å²) < 4.78 is 0.766. The highest BCUT2D eigenvalue weighted by molar-refractivity contribution is 9.10. The van der Waals surface area contributed by atoms with Crippen LogP contribution in [-0.4, -0.2) is 15.8 Å². The van der Waals surface area contributed by atoms with E-state index in [1.54, 1.807) is 12.1 Å². The lowest BCUT2D eigenvalue weighted by molar-refractivity contribution is -0.116. The van der Waals surface area contributed by atoms with Crippen molar-refractivity contribution in [1.29, 1.82) is 0 Å². The lowest BCUT2D eigenvalue weighted by Crippen LogP contribution is -2.26. The number of carbonyl (C=O) groups excluding carboxylic acids is 1. The predicted molar refractivity (Wildman–Crippen MR) is 72.0 cm³/mol. The number of aromatic hydroxyl groups is 1. The summed E-state index contributed by atoms with van der Waals surface area (Å²) in [5, 5.41) is 12.3. The van der Waals surface area contributed by atoms with Crippen LogP contribution in [0.5, 0.6) is 5.75 Å². The summed E-state index contributed by atoms with van der Waals surface area (Å²) in [5.41, 5.74) is 0.415. The van der Waals surface area contributed by atoms with Gasteiger partial charge in [0.05, 0.1) is 10.5 Å². The van der Waals surface area contributed by atoms with E-state index < -0.39 is 0 Å². The molecular formula is C11H13Br2NO2. The van der Waals surface area contributed by atoms with Crippen LogP contribution in [-0.2, 0) is 4.79 Å². The first kappa shape index (κ1) is 13.5. The molecule has 0 saturated carbocycles. The van der Waals surface area contributed by atoms with Gasteiger partial charge in [0.2, 0.25) is 5.91 Å². The number of hydrogen-bond donors (Lipinski definition) is 2. The Morgan fingerprint density at radius 3 is 2.56 bits per heavy atom. The van der Waals surface area contributed by atoms with E-state index in [-0.39, 0.29) is 22.4 Å². The Kier molecular flexibility index (Phi) is 4.80. The third kappa shape index (κ3) is 3.49. The van der Waals surface area contributed by atoms with Crippen molar-refractivity contribution in [3.05, 3.63) is 22.7 Å². The lowest BCUT2D eigenvalue weighted by Gasteiger charge is -2.14. The Bertz CT molecular complexity index is 394. The fourth-order valence-electron chi connectivity index (χ4n) is 1.11. The Morgan fingerprint density at radius 2 is 2.06 bits per heavy atom. The van der Waals surface area contributed by atoms with Crippen LogP contribution in [0.2, 0.25) is 0 Å². The quantitative estimate of drug-likeness (QED) is 0.647. The Hall–Kier alpha value is -0.550. The zero-order valence-electron chi connectivity index (χ0n) is 9.00. The van der Waals surface area contributed by atoms with Crippen LogP contribution < -0.4 is 5.32 Å². The Morgan fingerprint density at radius 1 is 1.44 bits per heavy atom. The third-order valence-corrected chi connectivity index (χ3v) is 4.02. The number of phenolic OH excluding ortho intramolecular Hbond substituents is 1. The molecule has 0 bridgehead atoms. The van der Waals surface area contributed by atoms with Crippen molar-refractivity contribution in [1.82, 2.24) is 0 Å². The second-order valence-electron chi connectivity index (χ2n) is 3.80. The molecule has 1 atom stereocenters. The third-order valence-electron chi connectivity index (χ3n) is 2.05. The van der Waals surface area contributed by atoms with Crippen molar-refractivity contribution in [2.75, 3.05) is 5.32 Å². The molecule has 3 nitrogen and oxygen atoms in total. The van der Waals surface area contributed by atoms with E-state index in [1.165, 1.54) is 6.07 Å². The standard InChI is InChI=1S/C11H13Br2NO2/c1-6(2)10(13)11(16)14-8-4-3-7(12)5-9(8)15/h3-6,10,15H,1-2H3,(H,14,16). The molecule has 2 N–H and O–H groups in total. The maximum absolute atomic E-state index is 11.7. The Balaban J connectivity index is 2.77. The summed E-state index contributed by atoms with van der Waals surface area (Å²) in [4.78, 5) is 11.4. The smallest absolute Gasteiger partial charge is 0.238 e. The molecular weight excluding hydrogens is 338 g/mol. The van der Waals surface area contributed by atoms with Crippen molar-refractivity contribution in [2.45, 2.75) is 18.7 Å². The lowest BCUT2D eigenvalue weighted by atomic mass is 10.1.